The molecule has 1 fully saturated rings. The fourth-order valence-electron chi connectivity index (χ4n) is 3.90. The third-order valence-electron chi connectivity index (χ3n) is 5.54. The first kappa shape index (κ1) is 24.7. The van der Waals surface area contributed by atoms with Crippen molar-refractivity contribution in [2.45, 2.75) is 39.7 Å². The molecule has 30 heavy (non-hydrogen) atoms. The number of guanidine groups is 1. The van der Waals surface area contributed by atoms with Crippen LogP contribution in [-0.2, 0) is 6.54 Å². The summed E-state index contributed by atoms with van der Waals surface area (Å²) < 4.78 is 0. The Morgan fingerprint density at radius 3 is 2.63 bits per heavy atom. The molecule has 2 heterocycles. The molecule has 2 aromatic rings. The highest BCUT2D eigenvalue weighted by molar-refractivity contribution is 14.0. The van der Waals surface area contributed by atoms with Gasteiger partial charge in [-0.3, -0.25) is 4.99 Å². The third kappa shape index (κ3) is 7.27. The van der Waals surface area contributed by atoms with Crippen molar-refractivity contribution in [3.8, 4) is 11.3 Å². The third-order valence-corrected chi connectivity index (χ3v) is 5.54. The second-order valence-corrected chi connectivity index (χ2v) is 7.95. The van der Waals surface area contributed by atoms with Crippen molar-refractivity contribution in [3.05, 3.63) is 42.4 Å². The Kier molecular flexibility index (Phi) is 10.6. The van der Waals surface area contributed by atoms with Gasteiger partial charge in [0.25, 0.3) is 0 Å². The molecule has 1 aromatic heterocycles. The second kappa shape index (κ2) is 12.9. The maximum absolute atomic E-state index is 4.94. The topological polar surface area (TPSA) is 59.5 Å². The zero-order chi connectivity index (χ0) is 20.5. The van der Waals surface area contributed by atoms with E-state index in [2.05, 4.69) is 58.1 Å². The van der Waals surface area contributed by atoms with E-state index in [4.69, 9.17) is 4.99 Å². The normalized spacial score (nSPS) is 15.6. The first-order valence-corrected chi connectivity index (χ1v) is 11.0. The van der Waals surface area contributed by atoms with E-state index in [1.165, 1.54) is 38.9 Å². The van der Waals surface area contributed by atoms with Crippen LogP contribution in [0.5, 0.6) is 0 Å². The number of rotatable bonds is 8. The molecule has 0 bridgehead atoms. The lowest BCUT2D eigenvalue weighted by Crippen LogP contribution is -2.40. The second-order valence-electron chi connectivity index (χ2n) is 7.95. The molecule has 6 nitrogen and oxygen atoms in total. The van der Waals surface area contributed by atoms with Crippen molar-refractivity contribution in [2.24, 2.45) is 10.9 Å². The maximum Gasteiger partial charge on any atom is 0.194 e. The molecule has 7 heteroatoms. The molecule has 0 spiro atoms. The zero-order valence-corrected chi connectivity index (χ0v) is 20.9. The SMILES string of the molecule is CCCN1CCC(CN=C(NCC)N(C)Cc2ncc(-c3ccccc3)[nH]2)CC1.I. The van der Waals surface area contributed by atoms with Gasteiger partial charge in [0.15, 0.2) is 5.96 Å². The summed E-state index contributed by atoms with van der Waals surface area (Å²) in [6.07, 6.45) is 5.67. The van der Waals surface area contributed by atoms with Crippen molar-refractivity contribution in [1.82, 2.24) is 25.1 Å². The summed E-state index contributed by atoms with van der Waals surface area (Å²) >= 11 is 0. The number of halogens is 1. The molecule has 0 unspecified atom stereocenters. The molecular weight excluding hydrogens is 487 g/mol. The monoisotopic (exact) mass is 524 g/mol. The van der Waals surface area contributed by atoms with E-state index in [0.717, 1.165) is 36.1 Å². The van der Waals surface area contributed by atoms with Gasteiger partial charge in [0.05, 0.1) is 18.4 Å². The number of aliphatic imine (C=N–C) groups is 1. The number of aromatic amines is 1. The summed E-state index contributed by atoms with van der Waals surface area (Å²) in [6, 6.07) is 10.3. The Morgan fingerprint density at radius 2 is 1.97 bits per heavy atom. The van der Waals surface area contributed by atoms with Crippen LogP contribution in [0.1, 0.15) is 38.9 Å². The number of benzene rings is 1. The van der Waals surface area contributed by atoms with Crippen LogP contribution in [0.15, 0.2) is 41.5 Å². The maximum atomic E-state index is 4.94. The minimum atomic E-state index is 0. The number of likely N-dealkylation sites (tertiary alicyclic amines) is 1. The van der Waals surface area contributed by atoms with Gasteiger partial charge in [0.2, 0.25) is 0 Å². The largest absolute Gasteiger partial charge is 0.357 e. The first-order valence-electron chi connectivity index (χ1n) is 11.0. The molecule has 3 rings (SSSR count). The highest BCUT2D eigenvalue weighted by Crippen LogP contribution is 2.18. The molecule has 1 saturated heterocycles. The van der Waals surface area contributed by atoms with Crippen LogP contribution in [0.2, 0.25) is 0 Å². The fourth-order valence-corrected chi connectivity index (χ4v) is 3.90. The van der Waals surface area contributed by atoms with E-state index in [1.54, 1.807) is 0 Å². The molecule has 166 valence electrons. The first-order chi connectivity index (χ1) is 14.2. The van der Waals surface area contributed by atoms with Crippen LogP contribution >= 0.6 is 24.0 Å². The van der Waals surface area contributed by atoms with Gasteiger partial charge in [-0.2, -0.15) is 0 Å². The predicted octanol–water partition coefficient (Wildman–Crippen LogP) is 4.21. The van der Waals surface area contributed by atoms with Crippen LogP contribution in [-0.4, -0.2) is 65.5 Å². The molecule has 0 atom stereocenters. The van der Waals surface area contributed by atoms with Crippen LogP contribution in [0, 0.1) is 5.92 Å². The van der Waals surface area contributed by atoms with Crippen molar-refractivity contribution in [1.29, 1.82) is 0 Å². The Labute approximate surface area is 198 Å². The Balaban J connectivity index is 0.00000320. The highest BCUT2D eigenvalue weighted by Gasteiger charge is 2.19. The van der Waals surface area contributed by atoms with Gasteiger partial charge in [-0.05, 0) is 57.3 Å². The number of piperidine rings is 1. The lowest BCUT2D eigenvalue weighted by atomic mass is 9.97. The fraction of sp³-hybridized carbons (Fsp3) is 0.565. The molecular formula is C23H37IN6. The summed E-state index contributed by atoms with van der Waals surface area (Å²) in [4.78, 5) is 17.7. The highest BCUT2D eigenvalue weighted by atomic mass is 127. The van der Waals surface area contributed by atoms with E-state index < -0.39 is 0 Å². The minimum absolute atomic E-state index is 0. The van der Waals surface area contributed by atoms with Crippen molar-refractivity contribution in [3.63, 3.8) is 0 Å². The van der Waals surface area contributed by atoms with Crippen LogP contribution in [0.25, 0.3) is 11.3 Å². The molecule has 0 saturated carbocycles. The van der Waals surface area contributed by atoms with Gasteiger partial charge in [0.1, 0.15) is 5.82 Å². The van der Waals surface area contributed by atoms with Gasteiger partial charge < -0.3 is 20.1 Å². The quantitative estimate of drug-likeness (QED) is 0.309. The molecule has 0 radical (unpaired) electrons. The number of hydrogen-bond donors (Lipinski definition) is 2. The van der Waals surface area contributed by atoms with Crippen molar-refractivity contribution < 1.29 is 0 Å². The number of H-pyrrole nitrogens is 1. The standard InChI is InChI=1S/C23H36N6.HI/c1-4-13-29-14-11-19(12-15-29)16-26-23(24-5-2)28(3)18-22-25-17-21(27-22)20-9-7-6-8-10-20;/h6-10,17,19H,4-5,11-16,18H2,1-3H3,(H,24,26)(H,25,27);1H. The Hall–Kier alpha value is -1.61. The smallest absolute Gasteiger partial charge is 0.194 e. The Bertz CT molecular complexity index is 752. The van der Waals surface area contributed by atoms with Crippen LogP contribution < -0.4 is 5.32 Å². The number of hydrogen-bond acceptors (Lipinski definition) is 3. The molecule has 2 N–H and O–H groups in total. The van der Waals surface area contributed by atoms with Gasteiger partial charge in [-0.1, -0.05) is 37.3 Å². The predicted molar refractivity (Wildman–Crippen MR) is 136 cm³/mol. The average Bonchev–Trinajstić information content (AvgIpc) is 3.21. The minimum Gasteiger partial charge on any atom is -0.357 e. The number of nitrogens with one attached hydrogen (secondary N) is 2. The summed E-state index contributed by atoms with van der Waals surface area (Å²) in [5.74, 6) is 2.60. The average molecular weight is 524 g/mol. The lowest BCUT2D eigenvalue weighted by molar-refractivity contribution is 0.188. The molecule has 1 aromatic carbocycles. The lowest BCUT2D eigenvalue weighted by Gasteiger charge is -2.31. The van der Waals surface area contributed by atoms with E-state index >= 15 is 0 Å². The molecule has 1 aliphatic heterocycles. The van der Waals surface area contributed by atoms with Gasteiger partial charge in [-0.25, -0.2) is 4.98 Å². The van der Waals surface area contributed by atoms with E-state index in [9.17, 15) is 0 Å². The number of aromatic nitrogens is 2. The van der Waals surface area contributed by atoms with Gasteiger partial charge in [0, 0.05) is 20.1 Å². The summed E-state index contributed by atoms with van der Waals surface area (Å²) in [7, 11) is 2.08. The molecule has 1 aliphatic rings. The van der Waals surface area contributed by atoms with Crippen LogP contribution in [0.3, 0.4) is 0 Å². The Morgan fingerprint density at radius 1 is 1.23 bits per heavy atom. The summed E-state index contributed by atoms with van der Waals surface area (Å²) in [6.45, 7) is 10.5. The summed E-state index contributed by atoms with van der Waals surface area (Å²) in [5, 5.41) is 3.43. The molecule has 0 aliphatic carbocycles. The van der Waals surface area contributed by atoms with Gasteiger partial charge in [-0.15, -0.1) is 24.0 Å². The van der Waals surface area contributed by atoms with Crippen molar-refractivity contribution in [2.75, 3.05) is 39.8 Å². The van der Waals surface area contributed by atoms with Gasteiger partial charge >= 0.3 is 0 Å². The number of nitrogens with zero attached hydrogens (tertiary/aromatic N) is 4. The summed E-state index contributed by atoms with van der Waals surface area (Å²) in [5.41, 5.74) is 2.21. The molecule has 0 amide bonds. The van der Waals surface area contributed by atoms with E-state index in [1.807, 2.05) is 24.4 Å². The number of imidazole rings is 1. The van der Waals surface area contributed by atoms with Crippen LogP contribution in [0.4, 0.5) is 0 Å². The van der Waals surface area contributed by atoms with Crippen molar-refractivity contribution >= 4 is 29.9 Å². The van der Waals surface area contributed by atoms with E-state index in [0.29, 0.717) is 12.5 Å². The van der Waals surface area contributed by atoms with E-state index in [-0.39, 0.29) is 24.0 Å². The zero-order valence-electron chi connectivity index (χ0n) is 18.6.